The molecule has 1 aromatic rings. The first-order chi connectivity index (χ1) is 11.6. The molecule has 0 aromatic heterocycles. The third-order valence-corrected chi connectivity index (χ3v) is 5.32. The van der Waals surface area contributed by atoms with E-state index in [0.717, 1.165) is 24.8 Å². The standard InChI is InChI=1S/C21H33Cl3O/c1-5-6-7-8-9-13-16-20(21(22,23)24,25-19(2,3)4)17-18-14-11-10-12-15-18/h10-12,14-15H,5-9,13,16-17H2,1-4H3. The third kappa shape index (κ3) is 8.52. The summed E-state index contributed by atoms with van der Waals surface area (Å²) in [5.41, 5.74) is -0.0906. The molecule has 1 rings (SSSR count). The summed E-state index contributed by atoms with van der Waals surface area (Å²) in [6, 6.07) is 10.2. The van der Waals surface area contributed by atoms with E-state index >= 15 is 0 Å². The number of rotatable bonds is 10. The van der Waals surface area contributed by atoms with E-state index in [1.165, 1.54) is 25.7 Å². The van der Waals surface area contributed by atoms with Crippen molar-refractivity contribution in [1.29, 1.82) is 0 Å². The van der Waals surface area contributed by atoms with Gasteiger partial charge in [-0.15, -0.1) is 0 Å². The monoisotopic (exact) mass is 406 g/mol. The molecule has 0 aliphatic heterocycles. The number of alkyl halides is 3. The summed E-state index contributed by atoms with van der Waals surface area (Å²) < 4.78 is 4.94. The highest BCUT2D eigenvalue weighted by atomic mass is 35.6. The molecule has 0 fully saturated rings. The predicted octanol–water partition coefficient (Wildman–Crippen LogP) is 7.90. The molecule has 1 nitrogen and oxygen atoms in total. The Labute approximate surface area is 169 Å². The van der Waals surface area contributed by atoms with Crippen LogP contribution in [0.4, 0.5) is 0 Å². The van der Waals surface area contributed by atoms with Gasteiger partial charge in [-0.1, -0.05) is 111 Å². The van der Waals surface area contributed by atoms with Crippen LogP contribution in [0.15, 0.2) is 30.3 Å². The molecular formula is C21H33Cl3O. The maximum Gasteiger partial charge on any atom is 0.219 e. The van der Waals surface area contributed by atoms with Crippen LogP contribution in [0.1, 0.15) is 78.2 Å². The highest BCUT2D eigenvalue weighted by Gasteiger charge is 2.51. The van der Waals surface area contributed by atoms with Crippen molar-refractivity contribution in [3.05, 3.63) is 35.9 Å². The average Bonchev–Trinajstić information content (AvgIpc) is 2.49. The Kier molecular flexibility index (Phi) is 9.61. The fourth-order valence-corrected chi connectivity index (χ4v) is 3.78. The van der Waals surface area contributed by atoms with Gasteiger partial charge >= 0.3 is 0 Å². The van der Waals surface area contributed by atoms with E-state index in [2.05, 4.69) is 19.1 Å². The Hall–Kier alpha value is 0.0500. The number of hydrogen-bond donors (Lipinski definition) is 0. The predicted molar refractivity (Wildman–Crippen MR) is 112 cm³/mol. The molecule has 0 spiro atoms. The van der Waals surface area contributed by atoms with Gasteiger partial charge in [0.15, 0.2) is 0 Å². The first kappa shape index (κ1) is 23.1. The van der Waals surface area contributed by atoms with Crippen molar-refractivity contribution in [2.45, 2.75) is 94.1 Å². The van der Waals surface area contributed by atoms with Crippen LogP contribution < -0.4 is 0 Å². The highest BCUT2D eigenvalue weighted by Crippen LogP contribution is 2.48. The van der Waals surface area contributed by atoms with E-state index < -0.39 is 9.39 Å². The molecule has 0 aliphatic rings. The highest BCUT2D eigenvalue weighted by molar-refractivity contribution is 6.68. The largest absolute Gasteiger partial charge is 0.365 e. The Bertz CT molecular complexity index is 476. The fraction of sp³-hybridized carbons (Fsp3) is 0.714. The van der Waals surface area contributed by atoms with E-state index in [9.17, 15) is 0 Å². The lowest BCUT2D eigenvalue weighted by Gasteiger charge is -2.44. The lowest BCUT2D eigenvalue weighted by Crippen LogP contribution is -2.51. The van der Waals surface area contributed by atoms with Crippen molar-refractivity contribution in [2.24, 2.45) is 0 Å². The summed E-state index contributed by atoms with van der Waals surface area (Å²) in [5, 5.41) is 0. The first-order valence-corrected chi connectivity index (χ1v) is 10.5. The van der Waals surface area contributed by atoms with Crippen LogP contribution in [0, 0.1) is 0 Å². The molecule has 0 heterocycles. The molecule has 0 amide bonds. The first-order valence-electron chi connectivity index (χ1n) is 9.40. The summed E-state index contributed by atoms with van der Waals surface area (Å²) in [5.74, 6) is 0. The minimum Gasteiger partial charge on any atom is -0.365 e. The molecule has 1 unspecified atom stereocenters. The quantitative estimate of drug-likeness (QED) is 0.283. The summed E-state index contributed by atoms with van der Waals surface area (Å²) >= 11 is 19.4. The van der Waals surface area contributed by atoms with Crippen molar-refractivity contribution in [3.63, 3.8) is 0 Å². The number of unbranched alkanes of at least 4 members (excludes halogenated alkanes) is 5. The zero-order valence-corrected chi connectivity index (χ0v) is 18.4. The van der Waals surface area contributed by atoms with Crippen molar-refractivity contribution in [1.82, 2.24) is 0 Å². The van der Waals surface area contributed by atoms with Crippen molar-refractivity contribution >= 4 is 34.8 Å². The molecular weight excluding hydrogens is 375 g/mol. The van der Waals surface area contributed by atoms with Gasteiger partial charge in [-0.2, -0.15) is 0 Å². The van der Waals surface area contributed by atoms with Crippen molar-refractivity contribution in [2.75, 3.05) is 0 Å². The summed E-state index contributed by atoms with van der Waals surface area (Å²) in [6.45, 7) is 8.28. The Morgan fingerprint density at radius 1 is 0.840 bits per heavy atom. The zero-order chi connectivity index (χ0) is 19.0. The molecule has 0 N–H and O–H groups in total. The number of hydrogen-bond acceptors (Lipinski definition) is 1. The van der Waals surface area contributed by atoms with E-state index in [4.69, 9.17) is 39.5 Å². The van der Waals surface area contributed by atoms with Crippen LogP contribution in [0.25, 0.3) is 0 Å². The Morgan fingerprint density at radius 2 is 1.40 bits per heavy atom. The fourth-order valence-electron chi connectivity index (χ4n) is 3.18. The summed E-state index contributed by atoms with van der Waals surface area (Å²) in [4.78, 5) is 0. The van der Waals surface area contributed by atoms with Crippen molar-refractivity contribution < 1.29 is 4.74 Å². The molecule has 0 saturated carbocycles. The van der Waals surface area contributed by atoms with Gasteiger partial charge in [0.1, 0.15) is 5.60 Å². The maximum absolute atomic E-state index is 6.48. The molecule has 0 radical (unpaired) electrons. The molecule has 1 atom stereocenters. The number of benzene rings is 1. The second-order valence-electron chi connectivity index (χ2n) is 7.89. The second kappa shape index (κ2) is 10.4. The van der Waals surface area contributed by atoms with Crippen LogP contribution >= 0.6 is 34.8 Å². The van der Waals surface area contributed by atoms with Gasteiger partial charge in [0.2, 0.25) is 3.79 Å². The van der Waals surface area contributed by atoms with Gasteiger partial charge in [-0.3, -0.25) is 0 Å². The minimum atomic E-state index is -1.49. The molecule has 4 heteroatoms. The molecule has 0 aliphatic carbocycles. The second-order valence-corrected chi connectivity index (χ2v) is 10.2. The van der Waals surface area contributed by atoms with Crippen LogP contribution in [0.3, 0.4) is 0 Å². The minimum absolute atomic E-state index is 0.388. The Balaban J connectivity index is 2.92. The van der Waals surface area contributed by atoms with E-state index in [1.54, 1.807) is 0 Å². The smallest absolute Gasteiger partial charge is 0.219 e. The van der Waals surface area contributed by atoms with E-state index in [1.807, 2.05) is 39.0 Å². The van der Waals surface area contributed by atoms with E-state index in [-0.39, 0.29) is 5.60 Å². The SMILES string of the molecule is CCCCCCCCC(Cc1ccccc1)(OC(C)(C)C)C(Cl)(Cl)Cl. The van der Waals surface area contributed by atoms with Crippen LogP contribution in [0.2, 0.25) is 0 Å². The van der Waals surface area contributed by atoms with Gasteiger partial charge in [-0.05, 0) is 32.8 Å². The average molecular weight is 408 g/mol. The van der Waals surface area contributed by atoms with Crippen LogP contribution in [0.5, 0.6) is 0 Å². The lowest BCUT2D eigenvalue weighted by atomic mass is 9.88. The topological polar surface area (TPSA) is 9.23 Å². The molecule has 0 bridgehead atoms. The van der Waals surface area contributed by atoms with Crippen LogP contribution in [-0.4, -0.2) is 15.0 Å². The van der Waals surface area contributed by atoms with Crippen LogP contribution in [-0.2, 0) is 11.2 Å². The Morgan fingerprint density at radius 3 is 1.92 bits per heavy atom. The maximum atomic E-state index is 6.48. The lowest BCUT2D eigenvalue weighted by molar-refractivity contribution is -0.135. The van der Waals surface area contributed by atoms with Gasteiger partial charge < -0.3 is 4.74 Å². The number of ether oxygens (including phenoxy) is 1. The van der Waals surface area contributed by atoms with Gasteiger partial charge in [0.25, 0.3) is 0 Å². The van der Waals surface area contributed by atoms with E-state index in [0.29, 0.717) is 6.42 Å². The number of halogens is 3. The summed E-state index contributed by atoms with van der Waals surface area (Å²) in [6.07, 6.45) is 8.52. The molecule has 25 heavy (non-hydrogen) atoms. The summed E-state index contributed by atoms with van der Waals surface area (Å²) in [7, 11) is 0. The van der Waals surface area contributed by atoms with Crippen molar-refractivity contribution in [3.8, 4) is 0 Å². The normalized spacial score (nSPS) is 15.2. The molecule has 144 valence electrons. The van der Waals surface area contributed by atoms with Gasteiger partial charge in [0.05, 0.1) is 5.60 Å². The van der Waals surface area contributed by atoms with Gasteiger partial charge in [0, 0.05) is 6.42 Å². The van der Waals surface area contributed by atoms with Gasteiger partial charge in [-0.25, -0.2) is 0 Å². The third-order valence-electron chi connectivity index (χ3n) is 4.28. The zero-order valence-electron chi connectivity index (χ0n) is 16.1. The molecule has 1 aromatic carbocycles. The molecule has 0 saturated heterocycles.